The van der Waals surface area contributed by atoms with E-state index in [0.717, 1.165) is 23.3 Å². The molecule has 41 heavy (non-hydrogen) atoms. The maximum absolute atomic E-state index is 13.7. The van der Waals surface area contributed by atoms with Crippen LogP contribution in [0.2, 0.25) is 0 Å². The molecule has 1 fully saturated rings. The van der Waals surface area contributed by atoms with Crippen molar-refractivity contribution in [2.45, 2.75) is 47.1 Å². The first kappa shape index (κ1) is 28.0. The van der Waals surface area contributed by atoms with Gasteiger partial charge in [-0.2, -0.15) is 0 Å². The summed E-state index contributed by atoms with van der Waals surface area (Å²) in [7, 11) is 0. The first-order valence-electron chi connectivity index (χ1n) is 13.3. The van der Waals surface area contributed by atoms with Crippen molar-refractivity contribution in [2.75, 3.05) is 18.1 Å². The summed E-state index contributed by atoms with van der Waals surface area (Å²) in [6, 6.07) is 9.75. The van der Waals surface area contributed by atoms with Crippen LogP contribution in [-0.2, 0) is 14.3 Å². The van der Waals surface area contributed by atoms with E-state index in [1.165, 1.54) is 4.90 Å². The Morgan fingerprint density at radius 3 is 2.59 bits per heavy atom. The summed E-state index contributed by atoms with van der Waals surface area (Å²) in [4.78, 5) is 50.4. The number of aromatic nitrogens is 3. The van der Waals surface area contributed by atoms with Gasteiger partial charge in [0.25, 0.3) is 5.78 Å². The van der Waals surface area contributed by atoms with E-state index in [1.54, 1.807) is 45.0 Å². The highest BCUT2D eigenvalue weighted by Crippen LogP contribution is 2.44. The lowest BCUT2D eigenvalue weighted by Crippen LogP contribution is -2.29. The number of rotatable bonds is 8. The summed E-state index contributed by atoms with van der Waals surface area (Å²) >= 11 is 0.958. The lowest BCUT2D eigenvalue weighted by molar-refractivity contribution is -0.132. The highest BCUT2D eigenvalue weighted by molar-refractivity contribution is 7.17. The normalized spacial score (nSPS) is 16.5. The molecule has 0 aliphatic carbocycles. The highest BCUT2D eigenvalue weighted by atomic mass is 32.1. The number of imidazole rings is 1. The van der Waals surface area contributed by atoms with Gasteiger partial charge < -0.3 is 19.0 Å². The molecular weight excluding hydrogens is 544 g/mol. The SMILES string of the molecule is CCCOc1cccc(C2/C(=C(\O)c3nc4c(C)cccn4c3C)C(=O)C(=O)N2c2nc(C)c(C(=O)OCC)s2)c1. The summed E-state index contributed by atoms with van der Waals surface area (Å²) in [5, 5.41) is 11.8. The molecule has 0 bridgehead atoms. The monoisotopic (exact) mass is 574 g/mol. The maximum Gasteiger partial charge on any atom is 0.350 e. The molecule has 1 aromatic carbocycles. The van der Waals surface area contributed by atoms with Gasteiger partial charge in [-0.1, -0.05) is 36.5 Å². The highest BCUT2D eigenvalue weighted by Gasteiger charge is 2.49. The number of aryl methyl sites for hydroxylation is 3. The topological polar surface area (TPSA) is 123 Å². The summed E-state index contributed by atoms with van der Waals surface area (Å²) < 4.78 is 12.8. The van der Waals surface area contributed by atoms with E-state index in [-0.39, 0.29) is 27.9 Å². The number of carbonyl (C=O) groups is 3. The fourth-order valence-corrected chi connectivity index (χ4v) is 5.87. The number of carbonyl (C=O) groups excluding carboxylic acids is 3. The molecule has 1 N–H and O–H groups in total. The number of ketones is 1. The number of aliphatic hydroxyl groups is 1. The summed E-state index contributed by atoms with van der Waals surface area (Å²) in [6.07, 6.45) is 2.62. The van der Waals surface area contributed by atoms with Crippen LogP contribution in [0.3, 0.4) is 0 Å². The molecule has 1 unspecified atom stereocenters. The van der Waals surface area contributed by atoms with Crippen LogP contribution in [0, 0.1) is 20.8 Å². The Hall–Kier alpha value is -4.51. The molecule has 0 spiro atoms. The average molecular weight is 575 g/mol. The van der Waals surface area contributed by atoms with Crippen LogP contribution in [0.5, 0.6) is 5.75 Å². The Labute approximate surface area is 240 Å². The Morgan fingerprint density at radius 1 is 1.10 bits per heavy atom. The molecule has 11 heteroatoms. The Kier molecular flexibility index (Phi) is 7.63. The van der Waals surface area contributed by atoms with Crippen molar-refractivity contribution in [2.24, 2.45) is 0 Å². The lowest BCUT2D eigenvalue weighted by atomic mass is 9.96. The minimum atomic E-state index is -1.05. The van der Waals surface area contributed by atoms with Gasteiger partial charge in [-0.3, -0.25) is 14.5 Å². The predicted molar refractivity (Wildman–Crippen MR) is 154 cm³/mol. The molecule has 0 saturated carbocycles. The van der Waals surface area contributed by atoms with Crippen LogP contribution >= 0.6 is 11.3 Å². The number of Topliss-reactive ketones (excluding diaryl/α,β-unsaturated/α-hetero) is 1. The van der Waals surface area contributed by atoms with Gasteiger partial charge >= 0.3 is 11.9 Å². The molecule has 3 aromatic heterocycles. The number of fused-ring (bicyclic) bond motifs is 1. The molecule has 4 aromatic rings. The van der Waals surface area contributed by atoms with E-state index in [9.17, 15) is 19.5 Å². The van der Waals surface area contributed by atoms with Gasteiger partial charge in [0, 0.05) is 6.20 Å². The second-order valence-corrected chi connectivity index (χ2v) is 10.6. The van der Waals surface area contributed by atoms with E-state index >= 15 is 0 Å². The number of aliphatic hydroxyl groups excluding tert-OH is 1. The van der Waals surface area contributed by atoms with E-state index in [4.69, 9.17) is 9.47 Å². The fourth-order valence-electron chi connectivity index (χ4n) is 4.88. The van der Waals surface area contributed by atoms with Crippen LogP contribution in [-0.4, -0.2) is 50.3 Å². The van der Waals surface area contributed by atoms with Crippen molar-refractivity contribution in [3.63, 3.8) is 0 Å². The van der Waals surface area contributed by atoms with Crippen molar-refractivity contribution >= 4 is 45.5 Å². The fraction of sp³-hybridized carbons (Fsp3) is 0.300. The standard InChI is InChI=1S/C30H30N4O6S/c1-6-14-40-20-12-8-11-19(15-20)23-21(24(35)22-18(5)33-13-9-10-16(3)27(33)32-22)25(36)28(37)34(23)30-31-17(4)26(41-30)29(38)39-7-2/h8-13,15,23,35H,6-7,14H2,1-5H3/b24-21+. The summed E-state index contributed by atoms with van der Waals surface area (Å²) in [5.74, 6) is -2.16. The number of amides is 1. The number of anilines is 1. The first-order chi connectivity index (χ1) is 19.7. The number of esters is 1. The number of thiazole rings is 1. The van der Waals surface area contributed by atoms with Crippen LogP contribution in [0.1, 0.15) is 64.2 Å². The molecule has 1 amide bonds. The summed E-state index contributed by atoms with van der Waals surface area (Å²) in [5.41, 5.74) is 3.10. The third-order valence-electron chi connectivity index (χ3n) is 6.85. The molecular formula is C30H30N4O6S. The second kappa shape index (κ2) is 11.2. The van der Waals surface area contributed by atoms with Gasteiger partial charge in [0.05, 0.1) is 36.2 Å². The van der Waals surface area contributed by atoms with Crippen molar-refractivity contribution < 1.29 is 29.0 Å². The number of nitrogens with zero attached hydrogens (tertiary/aromatic N) is 4. The average Bonchev–Trinajstić information content (AvgIpc) is 3.59. The molecule has 5 rings (SSSR count). The molecule has 1 aliphatic rings. The largest absolute Gasteiger partial charge is 0.505 e. The van der Waals surface area contributed by atoms with E-state index < -0.39 is 29.5 Å². The van der Waals surface area contributed by atoms with Crippen LogP contribution in [0.4, 0.5) is 5.13 Å². The van der Waals surface area contributed by atoms with Crippen LogP contribution in [0.25, 0.3) is 11.4 Å². The Balaban J connectivity index is 1.72. The van der Waals surface area contributed by atoms with Gasteiger partial charge in [-0.05, 0) is 63.4 Å². The number of benzene rings is 1. The lowest BCUT2D eigenvalue weighted by Gasteiger charge is -2.23. The molecule has 1 aliphatic heterocycles. The van der Waals surface area contributed by atoms with Gasteiger partial charge in [0.15, 0.2) is 10.9 Å². The zero-order valence-corrected chi connectivity index (χ0v) is 24.2. The van der Waals surface area contributed by atoms with Crippen molar-refractivity contribution in [3.05, 3.63) is 81.3 Å². The minimum Gasteiger partial charge on any atom is -0.505 e. The van der Waals surface area contributed by atoms with Gasteiger partial charge in [-0.25, -0.2) is 14.8 Å². The zero-order chi connectivity index (χ0) is 29.4. The van der Waals surface area contributed by atoms with Gasteiger partial charge in [0.2, 0.25) is 0 Å². The van der Waals surface area contributed by atoms with E-state index in [1.807, 2.05) is 36.6 Å². The molecule has 1 atom stereocenters. The first-order valence-corrected chi connectivity index (χ1v) is 14.1. The number of hydrogen-bond donors (Lipinski definition) is 1. The number of ether oxygens (including phenoxy) is 2. The molecule has 4 heterocycles. The van der Waals surface area contributed by atoms with Crippen LogP contribution in [0.15, 0.2) is 48.2 Å². The smallest absolute Gasteiger partial charge is 0.350 e. The molecule has 10 nitrogen and oxygen atoms in total. The van der Waals surface area contributed by atoms with Crippen molar-refractivity contribution in [3.8, 4) is 5.75 Å². The third kappa shape index (κ3) is 4.86. The minimum absolute atomic E-state index is 0.127. The molecule has 1 saturated heterocycles. The van der Waals surface area contributed by atoms with Crippen molar-refractivity contribution in [1.82, 2.24) is 14.4 Å². The zero-order valence-electron chi connectivity index (χ0n) is 23.4. The quantitative estimate of drug-likeness (QED) is 0.130. The number of pyridine rings is 1. The predicted octanol–water partition coefficient (Wildman–Crippen LogP) is 5.31. The Bertz CT molecular complexity index is 1720. The summed E-state index contributed by atoms with van der Waals surface area (Å²) in [6.45, 7) is 9.68. The van der Waals surface area contributed by atoms with E-state index in [2.05, 4.69) is 9.97 Å². The van der Waals surface area contributed by atoms with E-state index in [0.29, 0.717) is 35.0 Å². The number of hydrogen-bond acceptors (Lipinski definition) is 9. The van der Waals surface area contributed by atoms with Gasteiger partial charge in [-0.15, -0.1) is 0 Å². The van der Waals surface area contributed by atoms with Crippen molar-refractivity contribution in [1.29, 1.82) is 0 Å². The molecule has 0 radical (unpaired) electrons. The maximum atomic E-state index is 13.7. The third-order valence-corrected chi connectivity index (χ3v) is 7.99. The Morgan fingerprint density at radius 2 is 1.88 bits per heavy atom. The second-order valence-electron chi connectivity index (χ2n) is 9.65. The van der Waals surface area contributed by atoms with Crippen LogP contribution < -0.4 is 9.64 Å². The van der Waals surface area contributed by atoms with Gasteiger partial charge in [0.1, 0.15) is 22.0 Å². The molecule has 212 valence electrons.